The zero-order chi connectivity index (χ0) is 24.6. The molecule has 0 atom stereocenters. The van der Waals surface area contributed by atoms with Crippen LogP contribution in [0.3, 0.4) is 0 Å². The third-order valence-corrected chi connectivity index (χ3v) is 6.38. The topological polar surface area (TPSA) is 64.7 Å². The second kappa shape index (κ2) is 11.7. The van der Waals surface area contributed by atoms with Crippen LogP contribution in [0.2, 0.25) is 0 Å². The first-order chi connectivity index (χ1) is 17.0. The highest BCUT2D eigenvalue weighted by molar-refractivity contribution is 5.96. The normalized spacial score (nSPS) is 13.9. The molecule has 0 aromatic heterocycles. The van der Waals surface area contributed by atoms with Gasteiger partial charge in [-0.3, -0.25) is 14.5 Å². The fourth-order valence-electron chi connectivity index (χ4n) is 4.55. The van der Waals surface area contributed by atoms with E-state index >= 15 is 0 Å². The number of para-hydroxylation sites is 1. The number of carbonyl (C=O) groups excluding carboxylic acids is 2. The molecule has 182 valence electrons. The van der Waals surface area contributed by atoms with Gasteiger partial charge in [-0.25, -0.2) is 0 Å². The summed E-state index contributed by atoms with van der Waals surface area (Å²) >= 11 is 0. The van der Waals surface area contributed by atoms with Crippen LogP contribution in [-0.4, -0.2) is 49.4 Å². The second-order valence-electron chi connectivity index (χ2n) is 9.20. The van der Waals surface area contributed by atoms with E-state index in [-0.39, 0.29) is 18.4 Å². The molecule has 35 heavy (non-hydrogen) atoms. The first kappa shape index (κ1) is 24.5. The van der Waals surface area contributed by atoms with E-state index in [0.29, 0.717) is 12.1 Å². The molecule has 1 aliphatic rings. The van der Waals surface area contributed by atoms with Gasteiger partial charge in [-0.1, -0.05) is 59.7 Å². The molecule has 3 aromatic carbocycles. The van der Waals surface area contributed by atoms with Crippen molar-refractivity contribution in [2.45, 2.75) is 26.9 Å². The lowest BCUT2D eigenvalue weighted by Gasteiger charge is -2.36. The van der Waals surface area contributed by atoms with Crippen molar-refractivity contribution in [1.29, 1.82) is 0 Å². The number of carbonyl (C=O) groups is 2. The molecule has 3 aromatic rings. The molecule has 6 heteroatoms. The van der Waals surface area contributed by atoms with Crippen molar-refractivity contribution in [2.24, 2.45) is 0 Å². The highest BCUT2D eigenvalue weighted by Gasteiger charge is 2.18. The van der Waals surface area contributed by atoms with Crippen molar-refractivity contribution in [1.82, 2.24) is 15.5 Å². The average Bonchev–Trinajstić information content (AvgIpc) is 2.87. The predicted octanol–water partition coefficient (Wildman–Crippen LogP) is 3.67. The number of hydrogen-bond donors (Lipinski definition) is 2. The van der Waals surface area contributed by atoms with E-state index in [9.17, 15) is 9.59 Å². The number of rotatable bonds is 8. The lowest BCUT2D eigenvalue weighted by Crippen LogP contribution is -2.46. The molecule has 6 nitrogen and oxygen atoms in total. The summed E-state index contributed by atoms with van der Waals surface area (Å²) < 4.78 is 0. The molecule has 0 radical (unpaired) electrons. The Balaban J connectivity index is 1.25. The minimum absolute atomic E-state index is 0.0462. The molecule has 0 aliphatic carbocycles. The number of aryl methyl sites for hydroxylation is 2. The third-order valence-electron chi connectivity index (χ3n) is 6.38. The van der Waals surface area contributed by atoms with Gasteiger partial charge in [0.1, 0.15) is 0 Å². The van der Waals surface area contributed by atoms with Crippen LogP contribution in [0.4, 0.5) is 5.69 Å². The molecule has 0 saturated carbocycles. The quantitative estimate of drug-likeness (QED) is 0.527. The van der Waals surface area contributed by atoms with Crippen LogP contribution < -0.4 is 15.5 Å². The number of anilines is 1. The van der Waals surface area contributed by atoms with E-state index in [1.54, 1.807) is 0 Å². The Labute approximate surface area is 207 Å². The Bertz CT molecular complexity index is 1130. The molecule has 2 N–H and O–H groups in total. The highest BCUT2D eigenvalue weighted by Crippen LogP contribution is 2.18. The standard InChI is InChI=1S/C29H34N4O2/c1-22-16-23(2)18-26(17-22)29(35)31-20-28(34)30-19-24-8-6-7-9-25(24)21-32-12-14-33(15-13-32)27-10-4-3-5-11-27/h3-11,16-18H,12-15,19-21H2,1-2H3,(H,30,34)(H,31,35). The van der Waals surface area contributed by atoms with Gasteiger partial charge in [-0.05, 0) is 49.2 Å². The van der Waals surface area contributed by atoms with Gasteiger partial charge in [0.15, 0.2) is 0 Å². The van der Waals surface area contributed by atoms with E-state index in [1.807, 2.05) is 50.2 Å². The molecule has 2 amide bonds. The molecule has 0 bridgehead atoms. The zero-order valence-electron chi connectivity index (χ0n) is 20.6. The Morgan fingerprint density at radius 3 is 2.09 bits per heavy atom. The Kier molecular flexibility index (Phi) is 8.16. The molecule has 1 fully saturated rings. The number of nitrogens with zero attached hydrogens (tertiary/aromatic N) is 2. The van der Waals surface area contributed by atoms with Crippen molar-refractivity contribution >= 4 is 17.5 Å². The number of benzene rings is 3. The van der Waals surface area contributed by atoms with E-state index in [4.69, 9.17) is 0 Å². The molecule has 0 spiro atoms. The van der Waals surface area contributed by atoms with Crippen molar-refractivity contribution in [3.8, 4) is 0 Å². The molecule has 1 saturated heterocycles. The van der Waals surface area contributed by atoms with Gasteiger partial charge >= 0.3 is 0 Å². The van der Waals surface area contributed by atoms with Gasteiger partial charge in [-0.2, -0.15) is 0 Å². The van der Waals surface area contributed by atoms with E-state index in [2.05, 4.69) is 56.8 Å². The smallest absolute Gasteiger partial charge is 0.251 e. The first-order valence-corrected chi connectivity index (χ1v) is 12.2. The van der Waals surface area contributed by atoms with Crippen molar-refractivity contribution in [2.75, 3.05) is 37.6 Å². The summed E-state index contributed by atoms with van der Waals surface area (Å²) in [6.45, 7) is 9.17. The van der Waals surface area contributed by atoms with Crippen LogP contribution in [0, 0.1) is 13.8 Å². The number of piperazine rings is 1. The van der Waals surface area contributed by atoms with Gasteiger partial charge < -0.3 is 15.5 Å². The molecule has 0 unspecified atom stereocenters. The molecule has 4 rings (SSSR count). The lowest BCUT2D eigenvalue weighted by molar-refractivity contribution is -0.120. The Morgan fingerprint density at radius 1 is 0.771 bits per heavy atom. The fraction of sp³-hybridized carbons (Fsp3) is 0.310. The van der Waals surface area contributed by atoms with E-state index < -0.39 is 0 Å². The largest absolute Gasteiger partial charge is 0.369 e. The monoisotopic (exact) mass is 470 g/mol. The summed E-state index contributed by atoms with van der Waals surface area (Å²) in [4.78, 5) is 29.7. The average molecular weight is 471 g/mol. The second-order valence-corrected chi connectivity index (χ2v) is 9.20. The maximum Gasteiger partial charge on any atom is 0.251 e. The summed E-state index contributed by atoms with van der Waals surface area (Å²) in [6, 6.07) is 24.5. The van der Waals surface area contributed by atoms with E-state index in [1.165, 1.54) is 11.3 Å². The Hall–Kier alpha value is -3.64. The summed E-state index contributed by atoms with van der Waals surface area (Å²) in [5.74, 6) is -0.434. The van der Waals surface area contributed by atoms with Crippen molar-refractivity contribution in [3.05, 3.63) is 101 Å². The highest BCUT2D eigenvalue weighted by atomic mass is 16.2. The van der Waals surface area contributed by atoms with Crippen LogP contribution >= 0.6 is 0 Å². The van der Waals surface area contributed by atoms with Gasteiger partial charge in [-0.15, -0.1) is 0 Å². The lowest BCUT2D eigenvalue weighted by atomic mass is 10.1. The van der Waals surface area contributed by atoms with Gasteiger partial charge in [0.25, 0.3) is 5.91 Å². The zero-order valence-corrected chi connectivity index (χ0v) is 20.6. The van der Waals surface area contributed by atoms with Gasteiger partial charge in [0, 0.05) is 50.5 Å². The van der Waals surface area contributed by atoms with Crippen molar-refractivity contribution < 1.29 is 9.59 Å². The van der Waals surface area contributed by atoms with Crippen LogP contribution in [0.15, 0.2) is 72.8 Å². The molecule has 1 aliphatic heterocycles. The number of hydrogen-bond acceptors (Lipinski definition) is 4. The SMILES string of the molecule is Cc1cc(C)cc(C(=O)NCC(=O)NCc2ccccc2CN2CCN(c3ccccc3)CC2)c1. The summed E-state index contributed by atoms with van der Waals surface area (Å²) in [7, 11) is 0. The minimum atomic E-state index is -0.234. The maximum absolute atomic E-state index is 12.4. The molecular weight excluding hydrogens is 436 g/mol. The Morgan fingerprint density at radius 2 is 1.40 bits per heavy atom. The molecular formula is C29H34N4O2. The summed E-state index contributed by atoms with van der Waals surface area (Å²) in [5.41, 5.74) is 6.23. The van der Waals surface area contributed by atoms with Crippen LogP contribution in [0.25, 0.3) is 0 Å². The summed E-state index contributed by atoms with van der Waals surface area (Å²) in [6.07, 6.45) is 0. The van der Waals surface area contributed by atoms with Gasteiger partial charge in [0.05, 0.1) is 6.54 Å². The van der Waals surface area contributed by atoms with Gasteiger partial charge in [0.2, 0.25) is 5.91 Å². The summed E-state index contributed by atoms with van der Waals surface area (Å²) in [5, 5.41) is 5.68. The number of nitrogens with one attached hydrogen (secondary N) is 2. The molecule has 1 heterocycles. The van der Waals surface area contributed by atoms with Crippen molar-refractivity contribution in [3.63, 3.8) is 0 Å². The minimum Gasteiger partial charge on any atom is -0.369 e. The third kappa shape index (κ3) is 6.93. The predicted molar refractivity (Wildman–Crippen MR) is 140 cm³/mol. The maximum atomic E-state index is 12.4. The number of amides is 2. The van der Waals surface area contributed by atoms with Crippen LogP contribution in [-0.2, 0) is 17.9 Å². The van der Waals surface area contributed by atoms with E-state index in [0.717, 1.165) is 49.4 Å². The first-order valence-electron chi connectivity index (χ1n) is 12.2. The van der Waals surface area contributed by atoms with Crippen LogP contribution in [0.5, 0.6) is 0 Å². The fourth-order valence-corrected chi connectivity index (χ4v) is 4.55. The van der Waals surface area contributed by atoms with Crippen LogP contribution in [0.1, 0.15) is 32.6 Å².